The zero-order chi connectivity index (χ0) is 24.2. The van der Waals surface area contributed by atoms with Crippen molar-refractivity contribution in [3.05, 3.63) is 75.4 Å². The van der Waals surface area contributed by atoms with Gasteiger partial charge in [-0.3, -0.25) is 4.90 Å². The van der Waals surface area contributed by atoms with E-state index in [-0.39, 0.29) is 12.6 Å². The predicted molar refractivity (Wildman–Crippen MR) is 134 cm³/mol. The first-order chi connectivity index (χ1) is 16.4. The number of hydrogen-bond donors (Lipinski definition) is 2. The topological polar surface area (TPSA) is 73.9 Å². The van der Waals surface area contributed by atoms with Gasteiger partial charge in [0.15, 0.2) is 0 Å². The molecule has 2 aliphatic heterocycles. The molecule has 2 aromatic carbocycles. The van der Waals surface area contributed by atoms with Crippen LogP contribution in [-0.4, -0.2) is 56.2 Å². The van der Waals surface area contributed by atoms with Gasteiger partial charge in [0.05, 0.1) is 18.2 Å². The number of rotatable bonds is 6. The monoisotopic (exact) mass is 482 g/mol. The van der Waals surface area contributed by atoms with Crippen LogP contribution in [0.25, 0.3) is 0 Å². The van der Waals surface area contributed by atoms with Crippen LogP contribution in [0.2, 0.25) is 5.02 Å². The highest BCUT2D eigenvalue weighted by molar-refractivity contribution is 6.30. The maximum absolute atomic E-state index is 13.0. The zero-order valence-electron chi connectivity index (χ0n) is 19.9. The van der Waals surface area contributed by atoms with Crippen LogP contribution >= 0.6 is 11.6 Å². The van der Waals surface area contributed by atoms with Gasteiger partial charge in [-0.25, -0.2) is 9.59 Å². The van der Waals surface area contributed by atoms with Crippen molar-refractivity contribution in [3.63, 3.8) is 0 Å². The minimum absolute atomic E-state index is 0.255. The van der Waals surface area contributed by atoms with E-state index in [1.165, 1.54) is 16.8 Å². The highest BCUT2D eigenvalue weighted by Gasteiger charge is 2.34. The van der Waals surface area contributed by atoms with Gasteiger partial charge < -0.3 is 20.3 Å². The molecule has 1 atom stereocenters. The molecule has 34 heavy (non-hydrogen) atoms. The summed E-state index contributed by atoms with van der Waals surface area (Å²) in [6.45, 7) is 10.2. The molecule has 2 heterocycles. The zero-order valence-corrected chi connectivity index (χ0v) is 20.6. The Hall–Kier alpha value is -3.03. The van der Waals surface area contributed by atoms with E-state index >= 15 is 0 Å². The molecule has 0 spiro atoms. The number of halogens is 1. The normalized spacial score (nSPS) is 19.0. The number of amides is 2. The number of carbonyl (C=O) groups is 2. The van der Waals surface area contributed by atoms with Crippen LogP contribution in [-0.2, 0) is 9.53 Å². The van der Waals surface area contributed by atoms with Crippen LogP contribution in [0.3, 0.4) is 0 Å². The van der Waals surface area contributed by atoms with Gasteiger partial charge in [-0.15, -0.1) is 0 Å². The SMILES string of the molecule is CCOC(=O)C1=C(CN2CCN(c3cccc(C)c3C)CC2)NC(=O)NC1c1ccc(Cl)cc1. The average molecular weight is 483 g/mol. The van der Waals surface area contributed by atoms with E-state index in [9.17, 15) is 9.59 Å². The predicted octanol–water partition coefficient (Wildman–Crippen LogP) is 3.95. The maximum atomic E-state index is 13.0. The van der Waals surface area contributed by atoms with E-state index in [0.717, 1.165) is 31.7 Å². The fraction of sp³-hybridized carbons (Fsp3) is 0.385. The standard InChI is InChI=1S/C26H31ClN4O3/c1-4-34-25(32)23-21(28-26(33)29-24(23)19-8-10-20(27)11-9-19)16-30-12-14-31(15-13-30)22-7-5-6-17(2)18(22)3/h5-11,24H,4,12-16H2,1-3H3,(H2,28,29,33). The van der Waals surface area contributed by atoms with Crippen molar-refractivity contribution in [1.29, 1.82) is 0 Å². The van der Waals surface area contributed by atoms with Crippen LogP contribution in [0.1, 0.15) is 29.7 Å². The number of hydrogen-bond acceptors (Lipinski definition) is 5. The molecule has 0 radical (unpaired) electrons. The van der Waals surface area contributed by atoms with Gasteiger partial charge in [0.1, 0.15) is 0 Å². The van der Waals surface area contributed by atoms with Crippen molar-refractivity contribution in [2.75, 3.05) is 44.2 Å². The summed E-state index contributed by atoms with van der Waals surface area (Å²) in [5.74, 6) is -0.432. The van der Waals surface area contributed by atoms with Gasteiger partial charge in [-0.2, -0.15) is 0 Å². The van der Waals surface area contributed by atoms with Gasteiger partial charge >= 0.3 is 12.0 Å². The summed E-state index contributed by atoms with van der Waals surface area (Å²) < 4.78 is 5.37. The third kappa shape index (κ3) is 5.21. The molecular weight excluding hydrogens is 452 g/mol. The lowest BCUT2D eigenvalue weighted by atomic mass is 9.95. The van der Waals surface area contributed by atoms with Crippen LogP contribution in [0.15, 0.2) is 53.7 Å². The Kier molecular flexibility index (Phi) is 7.44. The number of anilines is 1. The third-order valence-electron chi connectivity index (χ3n) is 6.52. The first kappa shape index (κ1) is 24.1. The van der Waals surface area contributed by atoms with Crippen molar-refractivity contribution in [3.8, 4) is 0 Å². The van der Waals surface area contributed by atoms with Crippen LogP contribution in [0.5, 0.6) is 0 Å². The summed E-state index contributed by atoms with van der Waals surface area (Å²) in [5.41, 5.74) is 5.65. The molecule has 2 aromatic rings. The molecule has 1 fully saturated rings. The summed E-state index contributed by atoms with van der Waals surface area (Å²) in [4.78, 5) is 30.2. The molecule has 0 saturated carbocycles. The highest BCUT2D eigenvalue weighted by atomic mass is 35.5. The molecule has 0 bridgehead atoms. The summed E-state index contributed by atoms with van der Waals surface area (Å²) in [6, 6.07) is 12.6. The lowest BCUT2D eigenvalue weighted by Crippen LogP contribution is -2.52. The Balaban J connectivity index is 1.56. The maximum Gasteiger partial charge on any atom is 0.338 e. The Bertz CT molecular complexity index is 1090. The van der Waals surface area contributed by atoms with E-state index in [4.69, 9.17) is 16.3 Å². The Morgan fingerprint density at radius 3 is 2.47 bits per heavy atom. The molecular formula is C26H31ClN4O3. The minimum atomic E-state index is -0.601. The smallest absolute Gasteiger partial charge is 0.338 e. The number of nitrogens with one attached hydrogen (secondary N) is 2. The molecule has 2 aliphatic rings. The van der Waals surface area contributed by atoms with Crippen molar-refractivity contribution < 1.29 is 14.3 Å². The van der Waals surface area contributed by atoms with Crippen molar-refractivity contribution in [2.45, 2.75) is 26.8 Å². The van der Waals surface area contributed by atoms with E-state index < -0.39 is 12.0 Å². The van der Waals surface area contributed by atoms with Crippen molar-refractivity contribution in [2.24, 2.45) is 0 Å². The fourth-order valence-corrected chi connectivity index (χ4v) is 4.67. The van der Waals surface area contributed by atoms with Crippen LogP contribution in [0, 0.1) is 13.8 Å². The highest BCUT2D eigenvalue weighted by Crippen LogP contribution is 2.30. The summed E-state index contributed by atoms with van der Waals surface area (Å²) in [6.07, 6.45) is 0. The summed E-state index contributed by atoms with van der Waals surface area (Å²) >= 11 is 6.05. The molecule has 4 rings (SSSR count). The van der Waals surface area contributed by atoms with Crippen LogP contribution < -0.4 is 15.5 Å². The van der Waals surface area contributed by atoms with Crippen molar-refractivity contribution >= 4 is 29.3 Å². The van der Waals surface area contributed by atoms with E-state index in [1.807, 2.05) is 12.1 Å². The first-order valence-electron chi connectivity index (χ1n) is 11.6. The minimum Gasteiger partial charge on any atom is -0.463 e. The Morgan fingerprint density at radius 2 is 1.79 bits per heavy atom. The van der Waals surface area contributed by atoms with Gasteiger partial charge in [-0.05, 0) is 55.7 Å². The van der Waals surface area contributed by atoms with Gasteiger partial charge in [0.25, 0.3) is 0 Å². The Morgan fingerprint density at radius 1 is 1.09 bits per heavy atom. The van der Waals surface area contributed by atoms with Crippen LogP contribution in [0.4, 0.5) is 10.5 Å². The van der Waals surface area contributed by atoms with Gasteiger partial charge in [0, 0.05) is 49.1 Å². The number of piperazine rings is 1. The second-order valence-corrected chi connectivity index (χ2v) is 9.11. The molecule has 7 nitrogen and oxygen atoms in total. The second kappa shape index (κ2) is 10.5. The van der Waals surface area contributed by atoms with E-state index in [1.54, 1.807) is 19.1 Å². The largest absolute Gasteiger partial charge is 0.463 e. The number of benzene rings is 2. The number of nitrogens with zero attached hydrogens (tertiary/aromatic N) is 2. The van der Waals surface area contributed by atoms with Gasteiger partial charge in [-0.1, -0.05) is 35.9 Å². The fourth-order valence-electron chi connectivity index (χ4n) is 4.55. The molecule has 2 N–H and O–H groups in total. The molecule has 1 unspecified atom stereocenters. The summed E-state index contributed by atoms with van der Waals surface area (Å²) in [7, 11) is 0. The number of ether oxygens (including phenoxy) is 1. The number of aryl methyl sites for hydroxylation is 1. The van der Waals surface area contributed by atoms with Crippen molar-refractivity contribution in [1.82, 2.24) is 15.5 Å². The first-order valence-corrected chi connectivity index (χ1v) is 12.0. The number of urea groups is 1. The average Bonchev–Trinajstić information content (AvgIpc) is 2.82. The lowest BCUT2D eigenvalue weighted by Gasteiger charge is -2.38. The number of carbonyl (C=O) groups excluding carboxylic acids is 2. The second-order valence-electron chi connectivity index (χ2n) is 8.68. The quantitative estimate of drug-likeness (QED) is 0.610. The van der Waals surface area contributed by atoms with E-state index in [2.05, 4.69) is 52.5 Å². The molecule has 180 valence electrons. The number of esters is 1. The Labute approximate surface area is 205 Å². The lowest BCUT2D eigenvalue weighted by molar-refractivity contribution is -0.139. The summed E-state index contributed by atoms with van der Waals surface area (Å²) in [5, 5.41) is 6.33. The third-order valence-corrected chi connectivity index (χ3v) is 6.78. The van der Waals surface area contributed by atoms with E-state index in [0.29, 0.717) is 22.8 Å². The van der Waals surface area contributed by atoms with Gasteiger partial charge in [0.2, 0.25) is 0 Å². The molecule has 0 aliphatic carbocycles. The molecule has 8 heteroatoms. The molecule has 0 aromatic heterocycles. The molecule has 2 amide bonds. The molecule has 1 saturated heterocycles.